The van der Waals surface area contributed by atoms with Crippen LogP contribution in [0.25, 0.3) is 0 Å². The van der Waals surface area contributed by atoms with E-state index in [0.717, 1.165) is 0 Å². The Labute approximate surface area is 80.4 Å². The Morgan fingerprint density at radius 1 is 1.00 bits per heavy atom. The van der Waals surface area contributed by atoms with Crippen molar-refractivity contribution in [3.63, 3.8) is 0 Å². The van der Waals surface area contributed by atoms with E-state index < -0.39 is 11.4 Å². The molecule has 1 atom stereocenters. The molecule has 0 saturated carbocycles. The van der Waals surface area contributed by atoms with Crippen LogP contribution in [0.3, 0.4) is 0 Å². The number of hydrogen-bond donors (Lipinski definition) is 0. The van der Waals surface area contributed by atoms with Crippen LogP contribution in [0.1, 0.15) is 47.0 Å². The van der Waals surface area contributed by atoms with Crippen molar-refractivity contribution in [1.29, 1.82) is 0 Å². The van der Waals surface area contributed by atoms with E-state index in [2.05, 4.69) is 0 Å². The van der Waals surface area contributed by atoms with Gasteiger partial charge in [-0.2, -0.15) is 0 Å². The largest absolute Gasteiger partial charge is 0.876 e. The Kier molecular flexibility index (Phi) is 4.36. The van der Waals surface area contributed by atoms with Crippen LogP contribution in [0.5, 0.6) is 0 Å². The second-order valence-corrected chi connectivity index (χ2v) is 3.73. The highest BCUT2D eigenvalue weighted by atomic mass is 16.7. The molecule has 0 saturated heterocycles. The molecule has 0 aromatic carbocycles. The Hall–Kier alpha value is -0.120. The molecular weight excluding hydrogens is 168 g/mol. The highest BCUT2D eigenvalue weighted by Gasteiger charge is 2.30. The molecule has 0 aliphatic heterocycles. The smallest absolute Gasteiger partial charge is 0.0422 e. The fraction of sp³-hybridized carbons (Fsp3) is 1.00. The van der Waals surface area contributed by atoms with E-state index in [9.17, 15) is 15.3 Å². The van der Waals surface area contributed by atoms with Gasteiger partial charge in [-0.15, -0.1) is 0 Å². The molecular formula is C10H19O3-3. The summed E-state index contributed by atoms with van der Waals surface area (Å²) in [5.41, 5.74) is -1.14. The van der Waals surface area contributed by atoms with E-state index in [0.29, 0.717) is 19.3 Å². The van der Waals surface area contributed by atoms with E-state index in [1.54, 1.807) is 13.8 Å². The van der Waals surface area contributed by atoms with Crippen LogP contribution in [-0.2, 0) is 0 Å². The molecule has 0 spiro atoms. The van der Waals surface area contributed by atoms with Crippen molar-refractivity contribution in [3.05, 3.63) is 0 Å². The van der Waals surface area contributed by atoms with Crippen LogP contribution >= 0.6 is 0 Å². The van der Waals surface area contributed by atoms with Gasteiger partial charge in [0.2, 0.25) is 0 Å². The van der Waals surface area contributed by atoms with E-state index in [4.69, 9.17) is 0 Å². The summed E-state index contributed by atoms with van der Waals surface area (Å²) in [7, 11) is 0. The van der Waals surface area contributed by atoms with Gasteiger partial charge in [0.1, 0.15) is 0 Å². The van der Waals surface area contributed by atoms with Gasteiger partial charge in [-0.25, -0.2) is 0 Å². The standard InChI is InChI=1S/C10H19O3/c1-5-8(4)9(6-2,7-3)10(11,12)13/h8H,5-7H2,1-4H3/q-3. The van der Waals surface area contributed by atoms with Crippen LogP contribution in [0.15, 0.2) is 0 Å². The second-order valence-electron chi connectivity index (χ2n) is 3.73. The average molecular weight is 187 g/mol. The third-order valence-electron chi connectivity index (χ3n) is 3.43. The monoisotopic (exact) mass is 187 g/mol. The van der Waals surface area contributed by atoms with E-state index in [-0.39, 0.29) is 5.92 Å². The van der Waals surface area contributed by atoms with Crippen LogP contribution in [0.2, 0.25) is 0 Å². The molecule has 0 amide bonds. The quantitative estimate of drug-likeness (QED) is 0.548. The number of hydrogen-bond acceptors (Lipinski definition) is 3. The van der Waals surface area contributed by atoms with Crippen molar-refractivity contribution in [1.82, 2.24) is 0 Å². The molecule has 0 aromatic rings. The summed E-state index contributed by atoms with van der Waals surface area (Å²) in [5, 5.41) is 33.2. The van der Waals surface area contributed by atoms with Gasteiger partial charge < -0.3 is 21.3 Å². The van der Waals surface area contributed by atoms with Gasteiger partial charge in [0.05, 0.1) is 0 Å². The predicted molar refractivity (Wildman–Crippen MR) is 45.2 cm³/mol. The molecule has 3 heteroatoms. The van der Waals surface area contributed by atoms with Crippen molar-refractivity contribution in [2.75, 3.05) is 0 Å². The topological polar surface area (TPSA) is 69.2 Å². The Morgan fingerprint density at radius 2 is 1.38 bits per heavy atom. The van der Waals surface area contributed by atoms with Crippen LogP contribution in [-0.4, -0.2) is 5.97 Å². The van der Waals surface area contributed by atoms with Gasteiger partial charge in [0.15, 0.2) is 0 Å². The fourth-order valence-corrected chi connectivity index (χ4v) is 2.07. The average Bonchev–Trinajstić information content (AvgIpc) is 2.04. The number of rotatable bonds is 5. The third-order valence-corrected chi connectivity index (χ3v) is 3.43. The molecule has 0 rings (SSSR count). The van der Waals surface area contributed by atoms with Crippen molar-refractivity contribution in [3.8, 4) is 0 Å². The first kappa shape index (κ1) is 12.9. The first-order chi connectivity index (χ1) is 5.85. The van der Waals surface area contributed by atoms with Crippen molar-refractivity contribution in [2.24, 2.45) is 11.3 Å². The predicted octanol–water partition coefficient (Wildman–Crippen LogP) is -0.426. The highest BCUT2D eigenvalue weighted by molar-refractivity contribution is 4.85. The third kappa shape index (κ3) is 2.22. The summed E-state index contributed by atoms with van der Waals surface area (Å²) in [5.74, 6) is -3.42. The zero-order valence-electron chi connectivity index (χ0n) is 8.92. The molecule has 0 aliphatic carbocycles. The minimum absolute atomic E-state index is 0.102. The molecule has 13 heavy (non-hydrogen) atoms. The molecule has 3 nitrogen and oxygen atoms in total. The lowest BCUT2D eigenvalue weighted by molar-refractivity contribution is -0.926. The van der Waals surface area contributed by atoms with E-state index >= 15 is 0 Å². The molecule has 0 bridgehead atoms. The van der Waals surface area contributed by atoms with E-state index in [1.807, 2.05) is 13.8 Å². The van der Waals surface area contributed by atoms with Crippen molar-refractivity contribution in [2.45, 2.75) is 52.9 Å². The van der Waals surface area contributed by atoms with Gasteiger partial charge >= 0.3 is 0 Å². The first-order valence-corrected chi connectivity index (χ1v) is 4.97. The molecule has 0 heterocycles. The molecule has 0 fully saturated rings. The lowest BCUT2D eigenvalue weighted by Gasteiger charge is -2.73. The van der Waals surface area contributed by atoms with Gasteiger partial charge in [-0.1, -0.05) is 52.4 Å². The summed E-state index contributed by atoms with van der Waals surface area (Å²) in [6.07, 6.45) is 1.44. The first-order valence-electron chi connectivity index (χ1n) is 4.97. The fourth-order valence-electron chi connectivity index (χ4n) is 2.07. The van der Waals surface area contributed by atoms with Crippen LogP contribution < -0.4 is 15.3 Å². The summed E-state index contributed by atoms with van der Waals surface area (Å²) in [6.45, 7) is 7.21. The highest BCUT2D eigenvalue weighted by Crippen LogP contribution is 2.40. The normalized spacial score (nSPS) is 15.9. The lowest BCUT2D eigenvalue weighted by atomic mass is 9.69. The summed E-state index contributed by atoms with van der Waals surface area (Å²) in [4.78, 5) is 0. The van der Waals surface area contributed by atoms with Crippen molar-refractivity contribution < 1.29 is 15.3 Å². The maximum absolute atomic E-state index is 11.1. The zero-order chi connectivity index (χ0) is 10.7. The summed E-state index contributed by atoms with van der Waals surface area (Å²) in [6, 6.07) is 0. The van der Waals surface area contributed by atoms with Gasteiger partial charge in [0.25, 0.3) is 0 Å². The van der Waals surface area contributed by atoms with Gasteiger partial charge in [0, 0.05) is 0 Å². The van der Waals surface area contributed by atoms with Crippen LogP contribution in [0.4, 0.5) is 0 Å². The molecule has 1 unspecified atom stereocenters. The Bertz CT molecular complexity index is 145. The molecule has 80 valence electrons. The molecule has 0 N–H and O–H groups in total. The molecule has 0 aliphatic rings. The maximum atomic E-state index is 11.1. The van der Waals surface area contributed by atoms with Gasteiger partial charge in [-0.3, -0.25) is 0 Å². The molecule has 0 aromatic heterocycles. The summed E-state index contributed by atoms with van der Waals surface area (Å²) < 4.78 is 0. The second kappa shape index (κ2) is 4.40. The molecule has 0 radical (unpaired) electrons. The van der Waals surface area contributed by atoms with Crippen LogP contribution in [0, 0.1) is 11.3 Å². The SMILES string of the molecule is CCC(C)C(CC)(CC)C([O-])([O-])[O-]. The minimum atomic E-state index is -3.31. The Morgan fingerprint density at radius 3 is 1.46 bits per heavy atom. The lowest BCUT2D eigenvalue weighted by Crippen LogP contribution is -2.77. The van der Waals surface area contributed by atoms with E-state index in [1.165, 1.54) is 0 Å². The summed E-state index contributed by atoms with van der Waals surface area (Å²) >= 11 is 0. The van der Waals surface area contributed by atoms with Crippen molar-refractivity contribution >= 4 is 0 Å². The maximum Gasteiger partial charge on any atom is -0.0422 e. The van der Waals surface area contributed by atoms with Gasteiger partial charge in [-0.05, 0) is 5.92 Å². The minimum Gasteiger partial charge on any atom is -0.876 e. The zero-order valence-corrected chi connectivity index (χ0v) is 8.92. The Balaban J connectivity index is 4.91.